The highest BCUT2D eigenvalue weighted by Crippen LogP contribution is 2.32. The normalized spacial score (nSPS) is 16.2. The number of nitrogens with zero attached hydrogens (tertiary/aromatic N) is 2. The van der Waals surface area contributed by atoms with Crippen LogP contribution < -0.4 is 9.47 Å². The van der Waals surface area contributed by atoms with Crippen molar-refractivity contribution in [3.63, 3.8) is 0 Å². The van der Waals surface area contributed by atoms with Crippen molar-refractivity contribution in [1.29, 1.82) is 0 Å². The van der Waals surface area contributed by atoms with Crippen molar-refractivity contribution >= 4 is 0 Å². The molecule has 0 N–H and O–H groups in total. The summed E-state index contributed by atoms with van der Waals surface area (Å²) >= 11 is 0. The highest BCUT2D eigenvalue weighted by atomic mass is 19.4. The first-order valence-corrected chi connectivity index (χ1v) is 9.21. The van der Waals surface area contributed by atoms with Gasteiger partial charge in [-0.25, -0.2) is 0 Å². The van der Waals surface area contributed by atoms with Crippen molar-refractivity contribution in [2.45, 2.75) is 19.3 Å². The molecular weight excluding hydrogens is 369 g/mol. The lowest BCUT2D eigenvalue weighted by molar-refractivity contribution is -0.138. The van der Waals surface area contributed by atoms with Crippen molar-refractivity contribution in [3.8, 4) is 11.5 Å². The quantitative estimate of drug-likeness (QED) is 0.738. The number of piperazine rings is 1. The van der Waals surface area contributed by atoms with E-state index in [2.05, 4.69) is 9.80 Å². The molecule has 0 unspecified atom stereocenters. The Bertz CT molecular complexity index is 787. The fourth-order valence-corrected chi connectivity index (χ4v) is 3.50. The summed E-state index contributed by atoms with van der Waals surface area (Å²) in [4.78, 5) is 4.36. The fraction of sp³-hybridized carbons (Fsp3) is 0.429. The van der Waals surface area contributed by atoms with Gasteiger partial charge in [-0.3, -0.25) is 9.80 Å². The maximum Gasteiger partial charge on any atom is 0.416 e. The second-order valence-corrected chi connectivity index (χ2v) is 6.88. The number of benzene rings is 2. The van der Waals surface area contributed by atoms with Gasteiger partial charge in [0, 0.05) is 50.9 Å². The summed E-state index contributed by atoms with van der Waals surface area (Å²) in [6.45, 7) is 4.09. The molecule has 1 heterocycles. The lowest BCUT2D eigenvalue weighted by Gasteiger charge is -2.35. The van der Waals surface area contributed by atoms with Crippen LogP contribution in [0, 0.1) is 0 Å². The van der Waals surface area contributed by atoms with E-state index >= 15 is 0 Å². The monoisotopic (exact) mass is 394 g/mol. The number of hydrogen-bond acceptors (Lipinski definition) is 4. The molecule has 2 aromatic rings. The zero-order valence-electron chi connectivity index (χ0n) is 16.1. The van der Waals surface area contributed by atoms with Crippen molar-refractivity contribution in [2.75, 3.05) is 40.4 Å². The molecule has 2 aromatic carbocycles. The molecule has 1 aliphatic rings. The summed E-state index contributed by atoms with van der Waals surface area (Å²) in [5.74, 6) is 1.52. The Balaban J connectivity index is 1.59. The molecule has 28 heavy (non-hydrogen) atoms. The van der Waals surface area contributed by atoms with Gasteiger partial charge in [-0.2, -0.15) is 13.2 Å². The third-order valence-corrected chi connectivity index (χ3v) is 5.07. The van der Waals surface area contributed by atoms with Crippen molar-refractivity contribution in [2.24, 2.45) is 0 Å². The first kappa shape index (κ1) is 20.5. The Morgan fingerprint density at radius 3 is 2.00 bits per heavy atom. The number of halogens is 3. The van der Waals surface area contributed by atoms with Crippen LogP contribution in [0.3, 0.4) is 0 Å². The molecule has 0 amide bonds. The summed E-state index contributed by atoms with van der Waals surface area (Å²) in [7, 11) is 3.25. The van der Waals surface area contributed by atoms with E-state index in [4.69, 9.17) is 9.47 Å². The average Bonchev–Trinajstić information content (AvgIpc) is 2.69. The van der Waals surface area contributed by atoms with E-state index < -0.39 is 11.7 Å². The molecule has 0 bridgehead atoms. The molecule has 0 saturated carbocycles. The summed E-state index contributed by atoms with van der Waals surface area (Å²) in [5.41, 5.74) is 0.861. The Morgan fingerprint density at radius 2 is 1.43 bits per heavy atom. The van der Waals surface area contributed by atoms with E-state index in [9.17, 15) is 13.2 Å². The second-order valence-electron chi connectivity index (χ2n) is 6.88. The van der Waals surface area contributed by atoms with E-state index in [1.807, 2.05) is 18.2 Å². The van der Waals surface area contributed by atoms with E-state index in [0.29, 0.717) is 12.1 Å². The summed E-state index contributed by atoms with van der Waals surface area (Å²) in [5, 5.41) is 0. The van der Waals surface area contributed by atoms with Gasteiger partial charge in [0.05, 0.1) is 19.8 Å². The lowest BCUT2D eigenvalue weighted by atomic mass is 10.1. The van der Waals surface area contributed by atoms with Gasteiger partial charge < -0.3 is 9.47 Å². The van der Waals surface area contributed by atoms with Crippen LogP contribution >= 0.6 is 0 Å². The molecule has 7 heteroatoms. The molecule has 1 fully saturated rings. The maximum atomic E-state index is 13.2. The molecule has 4 nitrogen and oxygen atoms in total. The molecule has 0 aliphatic carbocycles. The fourth-order valence-electron chi connectivity index (χ4n) is 3.50. The smallest absolute Gasteiger partial charge is 0.416 e. The third-order valence-electron chi connectivity index (χ3n) is 5.07. The van der Waals surface area contributed by atoms with Gasteiger partial charge in [-0.15, -0.1) is 0 Å². The second kappa shape index (κ2) is 8.84. The highest BCUT2D eigenvalue weighted by Gasteiger charge is 2.33. The van der Waals surface area contributed by atoms with Gasteiger partial charge in [0.1, 0.15) is 11.5 Å². The molecule has 0 spiro atoms. The largest absolute Gasteiger partial charge is 0.497 e. The van der Waals surface area contributed by atoms with Gasteiger partial charge in [0.2, 0.25) is 0 Å². The molecular formula is C21H25F3N2O2. The Labute approximate surface area is 163 Å². The standard InChI is InChI=1S/C21H25F3N2O2/c1-27-18-8-7-17(20(13-18)28-2)15-26-11-9-25(10-12-26)14-16-5-3-4-6-19(16)21(22,23)24/h3-8,13H,9-12,14-15H2,1-2H3. The van der Waals surface area contributed by atoms with Crippen LogP contribution in [0.5, 0.6) is 11.5 Å². The number of rotatable bonds is 6. The zero-order valence-corrected chi connectivity index (χ0v) is 16.1. The van der Waals surface area contributed by atoms with Gasteiger partial charge in [-0.05, 0) is 17.7 Å². The first-order chi connectivity index (χ1) is 13.4. The number of methoxy groups -OCH3 is 2. The van der Waals surface area contributed by atoms with Crippen LogP contribution in [0.4, 0.5) is 13.2 Å². The molecule has 0 radical (unpaired) electrons. The maximum absolute atomic E-state index is 13.2. The van der Waals surface area contributed by atoms with E-state index in [0.717, 1.165) is 55.9 Å². The third kappa shape index (κ3) is 4.97. The highest BCUT2D eigenvalue weighted by molar-refractivity contribution is 5.40. The minimum atomic E-state index is -4.32. The van der Waals surface area contributed by atoms with Gasteiger partial charge in [0.15, 0.2) is 0 Å². The lowest BCUT2D eigenvalue weighted by Crippen LogP contribution is -2.45. The first-order valence-electron chi connectivity index (χ1n) is 9.21. The van der Waals surface area contributed by atoms with Crippen molar-refractivity contribution < 1.29 is 22.6 Å². The zero-order chi connectivity index (χ0) is 20.1. The molecule has 1 aliphatic heterocycles. The van der Waals surface area contributed by atoms with Crippen LogP contribution in [-0.4, -0.2) is 50.2 Å². The van der Waals surface area contributed by atoms with Crippen LogP contribution in [0.2, 0.25) is 0 Å². The molecule has 1 saturated heterocycles. The predicted octanol–water partition coefficient (Wildman–Crippen LogP) is 4.04. The minimum Gasteiger partial charge on any atom is -0.497 e. The van der Waals surface area contributed by atoms with Gasteiger partial charge in [-0.1, -0.05) is 24.3 Å². The Hall–Kier alpha value is -2.25. The average molecular weight is 394 g/mol. The number of alkyl halides is 3. The summed E-state index contributed by atoms with van der Waals surface area (Å²) < 4.78 is 50.2. The summed E-state index contributed by atoms with van der Waals surface area (Å²) in [6, 6.07) is 11.6. The van der Waals surface area contributed by atoms with Crippen LogP contribution in [0.1, 0.15) is 16.7 Å². The Morgan fingerprint density at radius 1 is 0.821 bits per heavy atom. The van der Waals surface area contributed by atoms with Crippen molar-refractivity contribution in [1.82, 2.24) is 9.80 Å². The Kier molecular flexibility index (Phi) is 6.46. The minimum absolute atomic E-state index is 0.315. The summed E-state index contributed by atoms with van der Waals surface area (Å²) in [6.07, 6.45) is -4.32. The van der Waals surface area contributed by atoms with Crippen LogP contribution in [0.25, 0.3) is 0 Å². The number of hydrogen-bond donors (Lipinski definition) is 0. The van der Waals surface area contributed by atoms with Crippen LogP contribution in [-0.2, 0) is 19.3 Å². The van der Waals surface area contributed by atoms with Gasteiger partial charge >= 0.3 is 6.18 Å². The SMILES string of the molecule is COc1ccc(CN2CCN(Cc3ccccc3C(F)(F)F)CC2)c(OC)c1. The molecule has 0 atom stereocenters. The van der Waals surface area contributed by atoms with Gasteiger partial charge in [0.25, 0.3) is 0 Å². The van der Waals surface area contributed by atoms with Crippen LogP contribution in [0.15, 0.2) is 42.5 Å². The van der Waals surface area contributed by atoms with Crippen molar-refractivity contribution in [3.05, 3.63) is 59.2 Å². The van der Waals surface area contributed by atoms with E-state index in [1.165, 1.54) is 6.07 Å². The predicted molar refractivity (Wildman–Crippen MR) is 102 cm³/mol. The van der Waals surface area contributed by atoms with E-state index in [1.54, 1.807) is 26.4 Å². The molecule has 152 valence electrons. The molecule has 3 rings (SSSR count). The topological polar surface area (TPSA) is 24.9 Å². The number of ether oxygens (including phenoxy) is 2. The van der Waals surface area contributed by atoms with E-state index in [-0.39, 0.29) is 0 Å². The molecule has 0 aromatic heterocycles.